The molecule has 0 saturated carbocycles. The molecule has 1 aromatic rings. The van der Waals surface area contributed by atoms with Crippen LogP contribution in [0.3, 0.4) is 0 Å². The number of halogens is 1. The minimum Gasteiger partial charge on any atom is -0.298 e. The second-order valence-electron chi connectivity index (χ2n) is 5.10. The lowest BCUT2D eigenvalue weighted by Gasteiger charge is -2.14. The summed E-state index contributed by atoms with van der Waals surface area (Å²) in [4.78, 5) is 16.0. The zero-order valence-corrected chi connectivity index (χ0v) is 12.6. The highest BCUT2D eigenvalue weighted by molar-refractivity contribution is 9.10. The van der Waals surface area contributed by atoms with Gasteiger partial charge in [0.2, 0.25) is 0 Å². The maximum absolute atomic E-state index is 11.9. The summed E-state index contributed by atoms with van der Waals surface area (Å²) in [5.41, 5.74) is 0.390. The third-order valence-electron chi connectivity index (χ3n) is 2.91. The van der Waals surface area contributed by atoms with Crippen LogP contribution in [0.2, 0.25) is 0 Å². The number of aromatic nitrogens is 2. The molecule has 1 aromatic heterocycles. The fraction of sp³-hybridized carbons (Fsp3) is 0.615. The van der Waals surface area contributed by atoms with E-state index >= 15 is 0 Å². The summed E-state index contributed by atoms with van der Waals surface area (Å²) in [6.45, 7) is 6.31. The van der Waals surface area contributed by atoms with Crippen molar-refractivity contribution in [2.75, 3.05) is 0 Å². The monoisotopic (exact) mass is 311 g/mol. The van der Waals surface area contributed by atoms with Gasteiger partial charge in [0, 0.05) is 6.54 Å². The molecule has 98 valence electrons. The van der Waals surface area contributed by atoms with E-state index in [4.69, 9.17) is 5.26 Å². The molecule has 1 heterocycles. The van der Waals surface area contributed by atoms with Crippen LogP contribution in [-0.4, -0.2) is 9.55 Å². The number of nitriles is 1. The van der Waals surface area contributed by atoms with Crippen LogP contribution >= 0.6 is 15.9 Å². The Balaban J connectivity index is 2.54. The van der Waals surface area contributed by atoms with Crippen LogP contribution in [0.4, 0.5) is 0 Å². The van der Waals surface area contributed by atoms with Crippen molar-refractivity contribution in [3.05, 3.63) is 26.8 Å². The first kappa shape index (κ1) is 14.9. The van der Waals surface area contributed by atoms with Crippen molar-refractivity contribution in [3.63, 3.8) is 0 Å². The van der Waals surface area contributed by atoms with Crippen molar-refractivity contribution in [2.24, 2.45) is 5.41 Å². The van der Waals surface area contributed by atoms with Gasteiger partial charge in [-0.1, -0.05) is 6.42 Å². The smallest absolute Gasteiger partial charge is 0.267 e. The van der Waals surface area contributed by atoms with E-state index in [0.717, 1.165) is 19.3 Å². The lowest BCUT2D eigenvalue weighted by atomic mass is 9.89. The fourth-order valence-electron chi connectivity index (χ4n) is 1.61. The van der Waals surface area contributed by atoms with Gasteiger partial charge in [-0.25, -0.2) is 4.98 Å². The highest BCUT2D eigenvalue weighted by atomic mass is 79.9. The molecule has 0 saturated heterocycles. The summed E-state index contributed by atoms with van der Waals surface area (Å²) < 4.78 is 2.14. The van der Waals surface area contributed by atoms with Gasteiger partial charge in [-0.3, -0.25) is 9.36 Å². The number of rotatable bonds is 5. The Morgan fingerprint density at radius 3 is 2.78 bits per heavy atom. The molecule has 0 unspecified atom stereocenters. The van der Waals surface area contributed by atoms with E-state index in [0.29, 0.717) is 16.7 Å². The Bertz CT molecular complexity index is 514. The lowest BCUT2D eigenvalue weighted by Crippen LogP contribution is -2.22. The summed E-state index contributed by atoms with van der Waals surface area (Å²) in [6, 6.07) is 2.28. The number of unbranched alkanes of at least 4 members (excludes halogenated alkanes) is 1. The van der Waals surface area contributed by atoms with Crippen molar-refractivity contribution < 1.29 is 0 Å². The third kappa shape index (κ3) is 3.95. The number of aryl methyl sites for hydroxylation is 2. The molecule has 5 heteroatoms. The van der Waals surface area contributed by atoms with E-state index < -0.39 is 0 Å². The summed E-state index contributed by atoms with van der Waals surface area (Å²) in [5.74, 6) is 0. The Morgan fingerprint density at radius 2 is 2.17 bits per heavy atom. The van der Waals surface area contributed by atoms with Crippen LogP contribution in [0.15, 0.2) is 15.6 Å². The summed E-state index contributed by atoms with van der Waals surface area (Å²) in [5, 5.41) is 8.90. The molecular formula is C13H18BrN3O. The van der Waals surface area contributed by atoms with Crippen LogP contribution in [-0.2, 0) is 6.54 Å². The Labute approximate surface area is 116 Å². The van der Waals surface area contributed by atoms with Crippen molar-refractivity contribution in [2.45, 2.75) is 46.6 Å². The number of hydrogen-bond donors (Lipinski definition) is 0. The zero-order chi connectivity index (χ0) is 13.8. The van der Waals surface area contributed by atoms with E-state index in [1.54, 1.807) is 17.8 Å². The molecule has 18 heavy (non-hydrogen) atoms. The van der Waals surface area contributed by atoms with Gasteiger partial charge in [-0.15, -0.1) is 0 Å². The first-order chi connectivity index (χ1) is 8.37. The van der Waals surface area contributed by atoms with Gasteiger partial charge in [0.1, 0.15) is 4.47 Å². The standard InChI is InChI=1S/C13H18BrN3O/c1-10-11(14)12(18)17(9-16-10)7-5-4-6-13(2,3)8-15/h9H,4-7H2,1-3H3. The van der Waals surface area contributed by atoms with Crippen LogP contribution in [0.1, 0.15) is 38.8 Å². The van der Waals surface area contributed by atoms with Gasteiger partial charge >= 0.3 is 0 Å². The topological polar surface area (TPSA) is 58.7 Å². The number of nitrogens with zero attached hydrogens (tertiary/aromatic N) is 3. The van der Waals surface area contributed by atoms with Crippen LogP contribution in [0, 0.1) is 23.7 Å². The SMILES string of the molecule is Cc1ncn(CCCCC(C)(C)C#N)c(=O)c1Br. The van der Waals surface area contributed by atoms with E-state index in [1.807, 2.05) is 13.8 Å². The maximum Gasteiger partial charge on any atom is 0.267 e. The zero-order valence-electron chi connectivity index (χ0n) is 11.0. The second-order valence-corrected chi connectivity index (χ2v) is 5.89. The van der Waals surface area contributed by atoms with Crippen molar-refractivity contribution in [1.29, 1.82) is 5.26 Å². The molecule has 0 aliphatic carbocycles. The fourth-order valence-corrected chi connectivity index (χ4v) is 1.94. The molecule has 0 aliphatic rings. The van der Waals surface area contributed by atoms with E-state index in [-0.39, 0.29) is 11.0 Å². The third-order valence-corrected chi connectivity index (χ3v) is 3.82. The lowest BCUT2D eigenvalue weighted by molar-refractivity contribution is 0.414. The predicted molar refractivity (Wildman–Crippen MR) is 74.2 cm³/mol. The maximum atomic E-state index is 11.9. The molecule has 0 bridgehead atoms. The molecule has 4 nitrogen and oxygen atoms in total. The second kappa shape index (κ2) is 6.14. The molecule has 1 rings (SSSR count). The quantitative estimate of drug-likeness (QED) is 0.785. The van der Waals surface area contributed by atoms with Crippen molar-refractivity contribution in [3.8, 4) is 6.07 Å². The Hall–Kier alpha value is -1.15. The number of hydrogen-bond acceptors (Lipinski definition) is 3. The van der Waals surface area contributed by atoms with Crippen molar-refractivity contribution in [1.82, 2.24) is 9.55 Å². The highest BCUT2D eigenvalue weighted by Gasteiger charge is 2.15. The Morgan fingerprint density at radius 1 is 1.50 bits per heavy atom. The van der Waals surface area contributed by atoms with E-state index in [1.165, 1.54) is 0 Å². The first-order valence-electron chi connectivity index (χ1n) is 6.00. The molecule has 0 atom stereocenters. The Kier molecular flexibility index (Phi) is 5.09. The summed E-state index contributed by atoms with van der Waals surface area (Å²) in [7, 11) is 0. The average Bonchev–Trinajstić information content (AvgIpc) is 2.34. The van der Waals surface area contributed by atoms with Gasteiger partial charge in [0.25, 0.3) is 5.56 Å². The van der Waals surface area contributed by atoms with E-state index in [2.05, 4.69) is 27.0 Å². The summed E-state index contributed by atoms with van der Waals surface area (Å²) in [6.07, 6.45) is 4.23. The molecular weight excluding hydrogens is 294 g/mol. The summed E-state index contributed by atoms with van der Waals surface area (Å²) >= 11 is 3.24. The van der Waals surface area contributed by atoms with Gasteiger partial charge in [-0.2, -0.15) is 5.26 Å². The molecule has 0 N–H and O–H groups in total. The van der Waals surface area contributed by atoms with Gasteiger partial charge in [0.15, 0.2) is 0 Å². The molecule has 0 aromatic carbocycles. The largest absolute Gasteiger partial charge is 0.298 e. The molecule has 0 amide bonds. The minimum absolute atomic E-state index is 0.0398. The van der Waals surface area contributed by atoms with Crippen LogP contribution < -0.4 is 5.56 Å². The van der Waals surface area contributed by atoms with Gasteiger partial charge in [0.05, 0.1) is 23.5 Å². The van der Waals surface area contributed by atoms with Crippen LogP contribution in [0.25, 0.3) is 0 Å². The van der Waals surface area contributed by atoms with Gasteiger partial charge in [-0.05, 0) is 49.5 Å². The van der Waals surface area contributed by atoms with Crippen molar-refractivity contribution >= 4 is 15.9 Å². The molecule has 0 fully saturated rings. The molecule has 0 spiro atoms. The normalized spacial score (nSPS) is 11.3. The molecule has 0 aliphatic heterocycles. The average molecular weight is 312 g/mol. The van der Waals surface area contributed by atoms with E-state index in [9.17, 15) is 4.79 Å². The molecule has 0 radical (unpaired) electrons. The first-order valence-corrected chi connectivity index (χ1v) is 6.79. The minimum atomic E-state index is -0.281. The highest BCUT2D eigenvalue weighted by Crippen LogP contribution is 2.21. The van der Waals surface area contributed by atoms with Gasteiger partial charge < -0.3 is 0 Å². The predicted octanol–water partition coefficient (Wildman–Crippen LogP) is 3.03. The van der Waals surface area contributed by atoms with Crippen LogP contribution in [0.5, 0.6) is 0 Å².